The van der Waals surface area contributed by atoms with Gasteiger partial charge in [0.2, 0.25) is 0 Å². The number of hydrogen-bond donors (Lipinski definition) is 0. The summed E-state index contributed by atoms with van der Waals surface area (Å²) >= 11 is 12.5. The normalized spacial score (nSPS) is 14.8. The fourth-order valence-corrected chi connectivity index (χ4v) is 3.19. The fraction of sp³-hybridized carbons (Fsp3) is 0.375. The van der Waals surface area contributed by atoms with Crippen LogP contribution in [0.15, 0.2) is 24.3 Å². The van der Waals surface area contributed by atoms with Gasteiger partial charge in [0.1, 0.15) is 10.3 Å². The summed E-state index contributed by atoms with van der Waals surface area (Å²) in [5, 5.41) is 0.902. The highest BCUT2D eigenvalue weighted by Crippen LogP contribution is 2.41. The van der Waals surface area contributed by atoms with E-state index in [-0.39, 0.29) is 5.92 Å². The first-order chi connectivity index (χ1) is 9.56. The number of halogens is 2. The molecule has 4 heteroatoms. The summed E-state index contributed by atoms with van der Waals surface area (Å²) in [6, 6.07) is 8.36. The zero-order valence-electron chi connectivity index (χ0n) is 11.5. The largest absolute Gasteiger partial charge is 0.216 e. The van der Waals surface area contributed by atoms with E-state index in [1.54, 1.807) is 0 Å². The van der Waals surface area contributed by atoms with Gasteiger partial charge >= 0.3 is 0 Å². The molecule has 1 fully saturated rings. The average Bonchev–Trinajstić information content (AvgIpc) is 3.21. The highest BCUT2D eigenvalue weighted by Gasteiger charge is 2.24. The first-order valence-electron chi connectivity index (χ1n) is 6.89. The molecule has 1 heterocycles. The molecule has 0 aliphatic heterocycles. The van der Waals surface area contributed by atoms with Gasteiger partial charge < -0.3 is 0 Å². The van der Waals surface area contributed by atoms with Crippen LogP contribution in [0.3, 0.4) is 0 Å². The number of nitrogens with zero attached hydrogens (tertiary/aromatic N) is 2. The van der Waals surface area contributed by atoms with Gasteiger partial charge in [-0.25, -0.2) is 9.97 Å². The van der Waals surface area contributed by atoms with E-state index in [0.717, 1.165) is 11.1 Å². The van der Waals surface area contributed by atoms with E-state index in [9.17, 15) is 0 Å². The van der Waals surface area contributed by atoms with Gasteiger partial charge in [0.25, 0.3) is 0 Å². The van der Waals surface area contributed by atoms with E-state index in [1.165, 1.54) is 18.4 Å². The Morgan fingerprint density at radius 1 is 1.10 bits per heavy atom. The third-order valence-electron chi connectivity index (χ3n) is 3.62. The Balaban J connectivity index is 2.04. The van der Waals surface area contributed by atoms with Crippen molar-refractivity contribution in [3.05, 3.63) is 45.7 Å². The summed E-state index contributed by atoms with van der Waals surface area (Å²) in [4.78, 5) is 8.83. The first kappa shape index (κ1) is 13.8. The molecule has 1 aromatic heterocycles. The Morgan fingerprint density at radius 2 is 1.75 bits per heavy atom. The van der Waals surface area contributed by atoms with E-state index in [0.29, 0.717) is 22.0 Å². The number of hydrogen-bond acceptors (Lipinski definition) is 2. The van der Waals surface area contributed by atoms with Crippen molar-refractivity contribution in [3.8, 4) is 11.4 Å². The molecule has 0 radical (unpaired) electrons. The highest BCUT2D eigenvalue weighted by atomic mass is 35.5. The van der Waals surface area contributed by atoms with E-state index in [1.807, 2.05) is 26.0 Å². The first-order valence-corrected chi connectivity index (χ1v) is 7.65. The predicted octanol–water partition coefficient (Wildman–Crippen LogP) is 5.45. The molecule has 0 saturated heterocycles. The molecule has 1 saturated carbocycles. The lowest BCUT2D eigenvalue weighted by Gasteiger charge is -2.11. The monoisotopic (exact) mass is 306 g/mol. The lowest BCUT2D eigenvalue weighted by Crippen LogP contribution is -1.99. The third kappa shape index (κ3) is 2.68. The van der Waals surface area contributed by atoms with Crippen molar-refractivity contribution in [1.82, 2.24) is 9.97 Å². The van der Waals surface area contributed by atoms with Gasteiger partial charge in [-0.15, -0.1) is 0 Å². The zero-order valence-corrected chi connectivity index (χ0v) is 13.0. The van der Waals surface area contributed by atoms with Crippen LogP contribution in [-0.4, -0.2) is 9.97 Å². The molecule has 1 aliphatic carbocycles. The van der Waals surface area contributed by atoms with Crippen LogP contribution in [0.5, 0.6) is 0 Å². The molecule has 1 aromatic carbocycles. The van der Waals surface area contributed by atoms with E-state index in [4.69, 9.17) is 23.2 Å². The van der Waals surface area contributed by atoms with Crippen LogP contribution in [0.4, 0.5) is 0 Å². The molecule has 0 spiro atoms. The summed E-state index contributed by atoms with van der Waals surface area (Å²) in [6.07, 6.45) is 2.55. The van der Waals surface area contributed by atoms with Gasteiger partial charge in [-0.3, -0.25) is 0 Å². The fourth-order valence-electron chi connectivity index (χ4n) is 2.37. The molecule has 0 amide bonds. The second kappa shape index (κ2) is 5.34. The Labute approximate surface area is 129 Å². The topological polar surface area (TPSA) is 25.8 Å². The molecule has 104 valence electrons. The molecular formula is C16H16Cl2N2. The molecule has 2 nitrogen and oxygen atoms in total. The molecule has 3 rings (SSSR count). The van der Waals surface area contributed by atoms with Gasteiger partial charge in [0.15, 0.2) is 5.82 Å². The lowest BCUT2D eigenvalue weighted by atomic mass is 10.1. The second-order valence-electron chi connectivity index (χ2n) is 5.60. The summed E-state index contributed by atoms with van der Waals surface area (Å²) < 4.78 is 0. The van der Waals surface area contributed by atoms with Crippen molar-refractivity contribution in [2.75, 3.05) is 0 Å². The third-order valence-corrected chi connectivity index (χ3v) is 4.20. The molecular weight excluding hydrogens is 291 g/mol. The van der Waals surface area contributed by atoms with Crippen LogP contribution in [0.1, 0.15) is 49.7 Å². The van der Waals surface area contributed by atoms with Crippen molar-refractivity contribution >= 4 is 23.2 Å². The molecule has 0 unspecified atom stereocenters. The minimum atomic E-state index is 0.210. The minimum Gasteiger partial charge on any atom is -0.216 e. The van der Waals surface area contributed by atoms with E-state index in [2.05, 4.69) is 22.1 Å². The summed E-state index contributed by atoms with van der Waals surface area (Å²) in [5.41, 5.74) is 3.15. The maximum Gasteiger partial charge on any atom is 0.162 e. The van der Waals surface area contributed by atoms with Crippen LogP contribution in [0.2, 0.25) is 10.3 Å². The Bertz CT molecular complexity index is 626. The number of rotatable bonds is 3. The summed E-state index contributed by atoms with van der Waals surface area (Å²) in [6.45, 7) is 4.06. The second-order valence-corrected chi connectivity index (χ2v) is 6.31. The predicted molar refractivity (Wildman–Crippen MR) is 83.6 cm³/mol. The zero-order chi connectivity index (χ0) is 14.3. The van der Waals surface area contributed by atoms with Crippen LogP contribution in [-0.2, 0) is 0 Å². The van der Waals surface area contributed by atoms with Crippen molar-refractivity contribution in [3.63, 3.8) is 0 Å². The van der Waals surface area contributed by atoms with Crippen molar-refractivity contribution < 1.29 is 0 Å². The van der Waals surface area contributed by atoms with Gasteiger partial charge in [-0.1, -0.05) is 55.2 Å². The average molecular weight is 307 g/mol. The van der Waals surface area contributed by atoms with E-state index >= 15 is 0 Å². The maximum absolute atomic E-state index is 6.26. The van der Waals surface area contributed by atoms with Gasteiger partial charge in [-0.05, 0) is 36.3 Å². The Kier molecular flexibility index (Phi) is 3.70. The summed E-state index contributed by atoms with van der Waals surface area (Å²) in [5.74, 6) is 1.52. The van der Waals surface area contributed by atoms with Gasteiger partial charge in [0.05, 0.1) is 0 Å². The van der Waals surface area contributed by atoms with Crippen LogP contribution >= 0.6 is 23.2 Å². The Morgan fingerprint density at radius 3 is 2.30 bits per heavy atom. The molecule has 0 atom stereocenters. The van der Waals surface area contributed by atoms with Gasteiger partial charge in [0, 0.05) is 11.1 Å². The smallest absolute Gasteiger partial charge is 0.162 e. The lowest BCUT2D eigenvalue weighted by molar-refractivity contribution is 0.848. The standard InChI is InChI=1S/C16H16Cl2N2/c1-9(2)13-14(17)19-16(20-15(13)18)12-5-3-4-11(8-12)10-6-7-10/h3-5,8-10H,6-7H2,1-2H3. The summed E-state index contributed by atoms with van der Waals surface area (Å²) in [7, 11) is 0. The molecule has 2 aromatic rings. The Hall–Kier alpha value is -1.12. The molecule has 0 N–H and O–H groups in total. The van der Waals surface area contributed by atoms with Crippen molar-refractivity contribution in [2.45, 2.75) is 38.5 Å². The maximum atomic E-state index is 6.26. The van der Waals surface area contributed by atoms with Crippen LogP contribution in [0.25, 0.3) is 11.4 Å². The minimum absolute atomic E-state index is 0.210. The number of aromatic nitrogens is 2. The molecule has 20 heavy (non-hydrogen) atoms. The highest BCUT2D eigenvalue weighted by molar-refractivity contribution is 6.34. The molecule has 0 bridgehead atoms. The van der Waals surface area contributed by atoms with Crippen molar-refractivity contribution in [1.29, 1.82) is 0 Å². The SMILES string of the molecule is CC(C)c1c(Cl)nc(-c2cccc(C3CC3)c2)nc1Cl. The molecule has 1 aliphatic rings. The van der Waals surface area contributed by atoms with Crippen molar-refractivity contribution in [2.24, 2.45) is 0 Å². The van der Waals surface area contributed by atoms with E-state index < -0.39 is 0 Å². The quantitative estimate of drug-likeness (QED) is 0.704. The number of benzene rings is 1. The van der Waals surface area contributed by atoms with Crippen LogP contribution in [0, 0.1) is 0 Å². The van der Waals surface area contributed by atoms with Crippen LogP contribution < -0.4 is 0 Å². The van der Waals surface area contributed by atoms with Gasteiger partial charge in [-0.2, -0.15) is 0 Å².